The third-order valence-electron chi connectivity index (χ3n) is 5.57. The second-order valence-electron chi connectivity index (χ2n) is 7.28. The first kappa shape index (κ1) is 19.0. The number of ether oxygens (including phenoxy) is 3. The molecule has 3 aromatic rings. The van der Waals surface area contributed by atoms with Gasteiger partial charge in [0.1, 0.15) is 5.75 Å². The van der Waals surface area contributed by atoms with Gasteiger partial charge in [-0.15, -0.1) is 0 Å². The number of hydrazone groups is 1. The van der Waals surface area contributed by atoms with Gasteiger partial charge in [0.2, 0.25) is 6.23 Å². The van der Waals surface area contributed by atoms with Crippen LogP contribution in [0, 0.1) is 0 Å². The van der Waals surface area contributed by atoms with Gasteiger partial charge in [-0.2, -0.15) is 5.10 Å². The maximum absolute atomic E-state index is 6.40. The highest BCUT2D eigenvalue weighted by Gasteiger charge is 2.40. The highest BCUT2D eigenvalue weighted by molar-refractivity contribution is 9.10. The Morgan fingerprint density at radius 3 is 2.50 bits per heavy atom. The van der Waals surface area contributed by atoms with E-state index in [4.69, 9.17) is 19.3 Å². The molecule has 152 valence electrons. The topological polar surface area (TPSA) is 43.3 Å². The summed E-state index contributed by atoms with van der Waals surface area (Å²) in [6, 6.07) is 22.5. The van der Waals surface area contributed by atoms with Crippen molar-refractivity contribution in [1.29, 1.82) is 0 Å². The first-order chi connectivity index (χ1) is 14.7. The van der Waals surface area contributed by atoms with E-state index in [1.54, 1.807) is 14.2 Å². The van der Waals surface area contributed by atoms with E-state index in [-0.39, 0.29) is 12.3 Å². The molecule has 0 unspecified atom stereocenters. The average molecular weight is 465 g/mol. The first-order valence-corrected chi connectivity index (χ1v) is 10.6. The zero-order chi connectivity index (χ0) is 20.7. The van der Waals surface area contributed by atoms with E-state index in [9.17, 15) is 0 Å². The minimum Gasteiger partial charge on any atom is -0.493 e. The molecule has 0 aromatic heterocycles. The lowest BCUT2D eigenvalue weighted by Crippen LogP contribution is -2.33. The molecule has 0 aliphatic carbocycles. The van der Waals surface area contributed by atoms with E-state index in [1.807, 2.05) is 42.5 Å². The Bertz CT molecular complexity index is 1110. The predicted molar refractivity (Wildman–Crippen MR) is 119 cm³/mol. The average Bonchev–Trinajstić information content (AvgIpc) is 3.24. The fourth-order valence-electron chi connectivity index (χ4n) is 4.07. The van der Waals surface area contributed by atoms with Crippen molar-refractivity contribution >= 4 is 21.6 Å². The molecule has 2 heterocycles. The van der Waals surface area contributed by atoms with E-state index >= 15 is 0 Å². The molecule has 0 spiro atoms. The molecule has 0 radical (unpaired) electrons. The second kappa shape index (κ2) is 7.69. The fraction of sp³-hybridized carbons (Fsp3) is 0.208. The molecule has 2 atom stereocenters. The molecule has 5 rings (SSSR count). The van der Waals surface area contributed by atoms with Gasteiger partial charge in [-0.3, -0.25) is 0 Å². The number of nitrogens with zero attached hydrogens (tertiary/aromatic N) is 2. The number of rotatable bonds is 4. The smallest absolute Gasteiger partial charge is 0.213 e. The fourth-order valence-corrected chi connectivity index (χ4v) is 4.34. The van der Waals surface area contributed by atoms with E-state index in [1.165, 1.54) is 0 Å². The summed E-state index contributed by atoms with van der Waals surface area (Å²) >= 11 is 3.51. The molecule has 0 bridgehead atoms. The Kier molecular flexibility index (Phi) is 4.87. The Labute approximate surface area is 184 Å². The van der Waals surface area contributed by atoms with Crippen LogP contribution in [-0.4, -0.2) is 24.9 Å². The Morgan fingerprint density at radius 1 is 0.967 bits per heavy atom. The largest absolute Gasteiger partial charge is 0.493 e. The van der Waals surface area contributed by atoms with Gasteiger partial charge in [0.05, 0.1) is 26.0 Å². The van der Waals surface area contributed by atoms with Crippen molar-refractivity contribution in [1.82, 2.24) is 5.01 Å². The van der Waals surface area contributed by atoms with Crippen LogP contribution < -0.4 is 14.2 Å². The Morgan fingerprint density at radius 2 is 1.73 bits per heavy atom. The van der Waals surface area contributed by atoms with Crippen LogP contribution in [0.15, 0.2) is 76.3 Å². The number of methoxy groups -OCH3 is 2. The molecular weight excluding hydrogens is 444 g/mol. The van der Waals surface area contributed by atoms with E-state index in [2.05, 4.69) is 45.2 Å². The van der Waals surface area contributed by atoms with Gasteiger partial charge in [-0.25, -0.2) is 5.01 Å². The van der Waals surface area contributed by atoms with Gasteiger partial charge < -0.3 is 14.2 Å². The van der Waals surface area contributed by atoms with Crippen molar-refractivity contribution in [3.63, 3.8) is 0 Å². The van der Waals surface area contributed by atoms with Crippen molar-refractivity contribution in [2.75, 3.05) is 14.2 Å². The molecule has 0 saturated carbocycles. The monoisotopic (exact) mass is 464 g/mol. The Hall–Kier alpha value is -2.99. The lowest BCUT2D eigenvalue weighted by Gasteiger charge is -2.38. The van der Waals surface area contributed by atoms with Crippen molar-refractivity contribution < 1.29 is 14.2 Å². The summed E-state index contributed by atoms with van der Waals surface area (Å²) in [6.07, 6.45) is 0.513. The minimum absolute atomic E-state index is 0.117. The third kappa shape index (κ3) is 3.21. The normalized spacial score (nSPS) is 19.4. The molecule has 6 heteroatoms. The molecule has 3 aromatic carbocycles. The maximum atomic E-state index is 6.40. The van der Waals surface area contributed by atoms with E-state index in [0.717, 1.165) is 39.0 Å². The van der Waals surface area contributed by atoms with Gasteiger partial charge in [-0.1, -0.05) is 46.3 Å². The standard InChI is InChI=1S/C24H21BrN2O3/c1-28-22-12-9-16(13-23(22)29-2)19-14-20-18-5-3-4-6-21(18)30-24(27(20)26-19)15-7-10-17(25)11-8-15/h3-13,20,24H,14H2,1-2H3/t20-,24-/m1/s1. The number of benzene rings is 3. The van der Waals surface area contributed by atoms with Crippen LogP contribution >= 0.6 is 15.9 Å². The van der Waals surface area contributed by atoms with Crippen molar-refractivity contribution in [2.24, 2.45) is 5.10 Å². The molecule has 0 N–H and O–H groups in total. The van der Waals surface area contributed by atoms with Crippen LogP contribution in [-0.2, 0) is 0 Å². The second-order valence-corrected chi connectivity index (χ2v) is 8.19. The van der Waals surface area contributed by atoms with Gasteiger partial charge >= 0.3 is 0 Å². The van der Waals surface area contributed by atoms with Gasteiger partial charge in [0.25, 0.3) is 0 Å². The highest BCUT2D eigenvalue weighted by Crippen LogP contribution is 2.47. The molecule has 5 nitrogen and oxygen atoms in total. The third-order valence-corrected chi connectivity index (χ3v) is 6.10. The van der Waals surface area contributed by atoms with Gasteiger partial charge in [0.15, 0.2) is 11.5 Å². The van der Waals surface area contributed by atoms with Gasteiger partial charge in [-0.05, 0) is 36.4 Å². The van der Waals surface area contributed by atoms with Crippen LogP contribution in [0.4, 0.5) is 0 Å². The number of halogens is 1. The highest BCUT2D eigenvalue weighted by atomic mass is 79.9. The SMILES string of the molecule is COc1ccc(C2=NN3[C@H](C2)c2ccccc2O[C@@H]3c2ccc(Br)cc2)cc1OC. The number of fused-ring (bicyclic) bond motifs is 3. The summed E-state index contributed by atoms with van der Waals surface area (Å²) < 4.78 is 18.3. The predicted octanol–water partition coefficient (Wildman–Crippen LogP) is 5.71. The van der Waals surface area contributed by atoms with E-state index in [0.29, 0.717) is 11.5 Å². The zero-order valence-corrected chi connectivity index (χ0v) is 18.3. The molecule has 0 fully saturated rings. The summed E-state index contributed by atoms with van der Waals surface area (Å²) in [7, 11) is 3.29. The van der Waals surface area contributed by atoms with Crippen LogP contribution in [0.1, 0.15) is 35.4 Å². The number of hydrogen-bond acceptors (Lipinski definition) is 5. The molecular formula is C24H21BrN2O3. The summed E-state index contributed by atoms with van der Waals surface area (Å²) in [4.78, 5) is 0. The van der Waals surface area contributed by atoms with Gasteiger partial charge in [0, 0.05) is 27.6 Å². The van der Waals surface area contributed by atoms with Crippen molar-refractivity contribution in [3.8, 4) is 17.2 Å². The number of hydrogen-bond donors (Lipinski definition) is 0. The van der Waals surface area contributed by atoms with E-state index < -0.39 is 0 Å². The summed E-state index contributed by atoms with van der Waals surface area (Å²) in [5, 5.41) is 7.09. The lowest BCUT2D eigenvalue weighted by atomic mass is 9.96. The molecule has 2 aliphatic rings. The van der Waals surface area contributed by atoms with Crippen LogP contribution in [0.3, 0.4) is 0 Å². The van der Waals surface area contributed by atoms with Crippen molar-refractivity contribution in [2.45, 2.75) is 18.7 Å². The van der Waals surface area contributed by atoms with Crippen LogP contribution in [0.5, 0.6) is 17.2 Å². The minimum atomic E-state index is -0.282. The summed E-state index contributed by atoms with van der Waals surface area (Å²) in [5.41, 5.74) is 4.25. The molecule has 30 heavy (non-hydrogen) atoms. The Balaban J connectivity index is 1.57. The van der Waals surface area contributed by atoms with Crippen LogP contribution in [0.25, 0.3) is 0 Å². The summed E-state index contributed by atoms with van der Waals surface area (Å²) in [5.74, 6) is 2.32. The number of para-hydroxylation sites is 1. The lowest BCUT2D eigenvalue weighted by molar-refractivity contribution is -0.0190. The molecule has 2 aliphatic heterocycles. The molecule has 0 saturated heterocycles. The quantitative estimate of drug-likeness (QED) is 0.495. The zero-order valence-electron chi connectivity index (χ0n) is 16.7. The first-order valence-electron chi connectivity index (χ1n) is 9.77. The summed E-state index contributed by atoms with van der Waals surface area (Å²) in [6.45, 7) is 0. The maximum Gasteiger partial charge on any atom is 0.213 e. The molecule has 0 amide bonds. The van der Waals surface area contributed by atoms with Crippen LogP contribution in [0.2, 0.25) is 0 Å². The van der Waals surface area contributed by atoms with Crippen molar-refractivity contribution in [3.05, 3.63) is 87.9 Å².